The first kappa shape index (κ1) is 18.8. The van der Waals surface area contributed by atoms with Crippen LogP contribution in [-0.4, -0.2) is 41.9 Å². The van der Waals surface area contributed by atoms with Gasteiger partial charge in [0.05, 0.1) is 7.11 Å². The highest BCUT2D eigenvalue weighted by Crippen LogP contribution is 2.64. The molecule has 1 saturated carbocycles. The Morgan fingerprint density at radius 2 is 2.00 bits per heavy atom. The molecule has 1 fully saturated rings. The SMILES string of the molecule is COc1ccc(CN(C)C(=O)COC(=O)C2(C)CC2(Cl)Cl)cc1F. The molecule has 1 aromatic carbocycles. The number of carbonyl (C=O) groups excluding carboxylic acids is 2. The molecule has 1 aliphatic rings. The highest BCUT2D eigenvalue weighted by molar-refractivity contribution is 6.53. The number of hydrogen-bond acceptors (Lipinski definition) is 4. The van der Waals surface area contributed by atoms with Crippen molar-refractivity contribution in [2.75, 3.05) is 20.8 Å². The van der Waals surface area contributed by atoms with Crippen molar-refractivity contribution in [3.63, 3.8) is 0 Å². The molecular formula is C16H18Cl2FNO4. The third-order valence-corrected chi connectivity index (χ3v) is 5.20. The van der Waals surface area contributed by atoms with Crippen LogP contribution in [0.25, 0.3) is 0 Å². The zero-order chi connectivity index (χ0) is 18.1. The molecule has 0 N–H and O–H groups in total. The van der Waals surface area contributed by atoms with Gasteiger partial charge in [-0.1, -0.05) is 6.07 Å². The Hall–Kier alpha value is -1.53. The summed E-state index contributed by atoms with van der Waals surface area (Å²) in [6.07, 6.45) is 0.289. The third-order valence-electron chi connectivity index (χ3n) is 4.10. The number of alkyl halides is 2. The van der Waals surface area contributed by atoms with E-state index in [2.05, 4.69) is 0 Å². The van der Waals surface area contributed by atoms with Crippen molar-refractivity contribution in [2.24, 2.45) is 5.41 Å². The number of benzene rings is 1. The Kier molecular flexibility index (Phi) is 5.30. The van der Waals surface area contributed by atoms with E-state index in [0.717, 1.165) is 0 Å². The monoisotopic (exact) mass is 377 g/mol. The molecule has 24 heavy (non-hydrogen) atoms. The summed E-state index contributed by atoms with van der Waals surface area (Å²) in [5.41, 5.74) is -0.390. The predicted molar refractivity (Wildman–Crippen MR) is 87.5 cm³/mol. The summed E-state index contributed by atoms with van der Waals surface area (Å²) >= 11 is 11.8. The number of rotatable bonds is 6. The maximum atomic E-state index is 13.6. The second-order valence-electron chi connectivity index (χ2n) is 6.01. The lowest BCUT2D eigenvalue weighted by molar-refractivity contribution is -0.156. The van der Waals surface area contributed by atoms with E-state index < -0.39 is 34.0 Å². The predicted octanol–water partition coefficient (Wildman–Crippen LogP) is 2.92. The van der Waals surface area contributed by atoms with Gasteiger partial charge in [-0.05, 0) is 24.6 Å². The van der Waals surface area contributed by atoms with Gasteiger partial charge >= 0.3 is 5.97 Å². The number of nitrogens with zero attached hydrogens (tertiary/aromatic N) is 1. The van der Waals surface area contributed by atoms with Gasteiger partial charge in [-0.2, -0.15) is 0 Å². The maximum Gasteiger partial charge on any atom is 0.315 e. The summed E-state index contributed by atoms with van der Waals surface area (Å²) in [5, 5.41) is 0. The summed E-state index contributed by atoms with van der Waals surface area (Å²) in [7, 11) is 2.91. The van der Waals surface area contributed by atoms with Gasteiger partial charge in [0.1, 0.15) is 9.75 Å². The number of esters is 1. The van der Waals surface area contributed by atoms with Crippen molar-refractivity contribution in [1.29, 1.82) is 0 Å². The van der Waals surface area contributed by atoms with Crippen molar-refractivity contribution in [1.82, 2.24) is 4.90 Å². The minimum atomic E-state index is -1.14. The second-order valence-corrected chi connectivity index (χ2v) is 7.49. The molecular weight excluding hydrogens is 360 g/mol. The van der Waals surface area contributed by atoms with Gasteiger partial charge in [-0.3, -0.25) is 9.59 Å². The van der Waals surface area contributed by atoms with Crippen molar-refractivity contribution >= 4 is 35.1 Å². The summed E-state index contributed by atoms with van der Waals surface area (Å²) in [4.78, 5) is 25.3. The molecule has 0 spiro atoms. The first-order valence-corrected chi connectivity index (χ1v) is 7.98. The molecule has 1 atom stereocenters. The Morgan fingerprint density at radius 1 is 1.38 bits per heavy atom. The third kappa shape index (κ3) is 3.75. The Balaban J connectivity index is 1.86. The molecule has 1 unspecified atom stereocenters. The van der Waals surface area contributed by atoms with Crippen LogP contribution in [0.5, 0.6) is 5.75 Å². The average Bonchev–Trinajstić information content (AvgIpc) is 3.04. The molecule has 0 aliphatic heterocycles. The molecule has 0 saturated heterocycles. The van der Waals surface area contributed by atoms with Gasteiger partial charge in [-0.25, -0.2) is 4.39 Å². The second kappa shape index (κ2) is 6.76. The quantitative estimate of drug-likeness (QED) is 0.564. The smallest absolute Gasteiger partial charge is 0.315 e. The number of hydrogen-bond donors (Lipinski definition) is 0. The van der Waals surface area contributed by atoms with Gasteiger partial charge in [0, 0.05) is 20.0 Å². The standard InChI is InChI=1S/C16H18Cl2FNO4/c1-15(9-16(15,17)18)14(22)24-8-13(21)20(2)7-10-4-5-12(23-3)11(19)6-10/h4-6H,7-9H2,1-3H3. The normalized spacial score (nSPS) is 21.1. The fourth-order valence-electron chi connectivity index (χ4n) is 2.19. The zero-order valence-corrected chi connectivity index (χ0v) is 15.1. The Labute approximate surface area is 149 Å². The van der Waals surface area contributed by atoms with E-state index >= 15 is 0 Å². The average molecular weight is 378 g/mol. The number of carbonyl (C=O) groups is 2. The number of halogens is 3. The van der Waals surface area contributed by atoms with Crippen LogP contribution in [0.3, 0.4) is 0 Å². The number of ether oxygens (including phenoxy) is 2. The Morgan fingerprint density at radius 3 is 2.50 bits per heavy atom. The fraction of sp³-hybridized carbons (Fsp3) is 0.500. The molecule has 1 aliphatic carbocycles. The molecule has 1 aromatic rings. The van der Waals surface area contributed by atoms with Crippen LogP contribution in [0.1, 0.15) is 18.9 Å². The molecule has 132 valence electrons. The number of likely N-dealkylation sites (N-methyl/N-ethyl adjacent to an activating group) is 1. The number of methoxy groups -OCH3 is 1. The highest BCUT2D eigenvalue weighted by atomic mass is 35.5. The van der Waals surface area contributed by atoms with E-state index in [4.69, 9.17) is 32.7 Å². The van der Waals surface area contributed by atoms with Crippen LogP contribution in [0.2, 0.25) is 0 Å². The van der Waals surface area contributed by atoms with Crippen molar-refractivity contribution in [2.45, 2.75) is 24.2 Å². The van der Waals surface area contributed by atoms with E-state index in [0.29, 0.717) is 5.56 Å². The van der Waals surface area contributed by atoms with Gasteiger partial charge < -0.3 is 14.4 Å². The van der Waals surface area contributed by atoms with Gasteiger partial charge in [0.15, 0.2) is 18.2 Å². The first-order valence-electron chi connectivity index (χ1n) is 7.22. The molecule has 8 heteroatoms. The van der Waals surface area contributed by atoms with Crippen molar-refractivity contribution < 1.29 is 23.5 Å². The minimum Gasteiger partial charge on any atom is -0.494 e. The molecule has 0 bridgehead atoms. The molecule has 0 radical (unpaired) electrons. The van der Waals surface area contributed by atoms with E-state index in [-0.39, 0.29) is 18.7 Å². The number of amides is 1. The van der Waals surface area contributed by atoms with E-state index in [9.17, 15) is 14.0 Å². The van der Waals surface area contributed by atoms with Gasteiger partial charge in [0.25, 0.3) is 5.91 Å². The summed E-state index contributed by atoms with van der Waals surface area (Å²) in [6.45, 7) is 1.33. The van der Waals surface area contributed by atoms with Crippen LogP contribution in [0.15, 0.2) is 18.2 Å². The largest absolute Gasteiger partial charge is 0.494 e. The summed E-state index contributed by atoms with van der Waals surface area (Å²) in [6, 6.07) is 4.42. The first-order chi connectivity index (χ1) is 11.1. The zero-order valence-electron chi connectivity index (χ0n) is 13.6. The lowest BCUT2D eigenvalue weighted by Crippen LogP contribution is -2.32. The van der Waals surface area contributed by atoms with Crippen LogP contribution < -0.4 is 4.74 Å². The lowest BCUT2D eigenvalue weighted by atomic mass is 10.1. The van der Waals surface area contributed by atoms with Crippen LogP contribution in [0.4, 0.5) is 4.39 Å². The topological polar surface area (TPSA) is 55.8 Å². The van der Waals surface area contributed by atoms with Crippen LogP contribution in [0, 0.1) is 11.2 Å². The summed E-state index contributed by atoms with van der Waals surface area (Å²) < 4.78 is 22.3. The van der Waals surface area contributed by atoms with Gasteiger partial charge in [-0.15, -0.1) is 23.2 Å². The minimum absolute atomic E-state index is 0.130. The van der Waals surface area contributed by atoms with E-state index in [1.807, 2.05) is 0 Å². The maximum absolute atomic E-state index is 13.6. The summed E-state index contributed by atoms with van der Waals surface area (Å²) in [5.74, 6) is -1.40. The van der Waals surface area contributed by atoms with Crippen molar-refractivity contribution in [3.05, 3.63) is 29.6 Å². The van der Waals surface area contributed by atoms with Crippen LogP contribution in [-0.2, 0) is 20.9 Å². The highest BCUT2D eigenvalue weighted by Gasteiger charge is 2.69. The van der Waals surface area contributed by atoms with E-state index in [1.54, 1.807) is 13.0 Å². The fourth-order valence-corrected chi connectivity index (χ4v) is 2.88. The van der Waals surface area contributed by atoms with E-state index in [1.165, 1.54) is 31.2 Å². The Bertz CT molecular complexity index is 667. The van der Waals surface area contributed by atoms with Crippen LogP contribution >= 0.6 is 23.2 Å². The van der Waals surface area contributed by atoms with Gasteiger partial charge in [0.2, 0.25) is 0 Å². The molecule has 0 heterocycles. The molecule has 1 amide bonds. The van der Waals surface area contributed by atoms with Crippen molar-refractivity contribution in [3.8, 4) is 5.75 Å². The molecule has 2 rings (SSSR count). The molecule has 5 nitrogen and oxygen atoms in total. The molecule has 0 aromatic heterocycles. The lowest BCUT2D eigenvalue weighted by Gasteiger charge is -2.18.